The first-order valence-electron chi connectivity index (χ1n) is 5.96. The van der Waals surface area contributed by atoms with Crippen molar-refractivity contribution in [3.63, 3.8) is 0 Å². The zero-order valence-electron chi connectivity index (χ0n) is 9.94. The van der Waals surface area contributed by atoms with E-state index < -0.39 is 5.97 Å². The maximum Gasteiger partial charge on any atom is 0.303 e. The Labute approximate surface area is 99.8 Å². The lowest BCUT2D eigenvalue weighted by molar-refractivity contribution is -0.137. The monoisotopic (exact) mass is 239 g/mol. The van der Waals surface area contributed by atoms with Gasteiger partial charge in [0.1, 0.15) is 17.6 Å². The van der Waals surface area contributed by atoms with Crippen molar-refractivity contribution in [1.29, 1.82) is 0 Å². The normalized spacial score (nSPS) is 20.4. The van der Waals surface area contributed by atoms with Crippen molar-refractivity contribution in [1.82, 2.24) is 4.98 Å². The molecule has 94 valence electrons. The van der Waals surface area contributed by atoms with Gasteiger partial charge in [-0.2, -0.15) is 0 Å². The van der Waals surface area contributed by atoms with Crippen LogP contribution in [0.4, 0.5) is 0 Å². The zero-order chi connectivity index (χ0) is 12.3. The Bertz CT molecular complexity index is 393. The molecule has 5 nitrogen and oxygen atoms in total. The summed E-state index contributed by atoms with van der Waals surface area (Å²) in [4.78, 5) is 14.8. The van der Waals surface area contributed by atoms with Crippen LogP contribution in [-0.4, -0.2) is 22.7 Å². The van der Waals surface area contributed by atoms with Crippen LogP contribution in [-0.2, 0) is 16.0 Å². The summed E-state index contributed by atoms with van der Waals surface area (Å²) in [6, 6.07) is 0. The number of rotatable bonds is 4. The number of oxazole rings is 1. The first-order valence-corrected chi connectivity index (χ1v) is 5.96. The van der Waals surface area contributed by atoms with Gasteiger partial charge in [-0.25, -0.2) is 4.98 Å². The third-order valence-corrected chi connectivity index (χ3v) is 2.91. The van der Waals surface area contributed by atoms with E-state index in [1.807, 2.05) is 6.92 Å². The van der Waals surface area contributed by atoms with E-state index in [0.29, 0.717) is 12.3 Å². The first-order chi connectivity index (χ1) is 8.16. The van der Waals surface area contributed by atoms with E-state index in [9.17, 15) is 4.79 Å². The Morgan fingerprint density at radius 2 is 2.35 bits per heavy atom. The number of hydrogen-bond acceptors (Lipinski definition) is 4. The maximum atomic E-state index is 10.5. The van der Waals surface area contributed by atoms with Crippen LogP contribution in [0, 0.1) is 6.92 Å². The fraction of sp³-hybridized carbons (Fsp3) is 0.667. The second-order valence-electron chi connectivity index (χ2n) is 4.30. The van der Waals surface area contributed by atoms with Gasteiger partial charge in [-0.3, -0.25) is 4.79 Å². The maximum absolute atomic E-state index is 10.5. The van der Waals surface area contributed by atoms with Crippen molar-refractivity contribution in [2.45, 2.75) is 45.1 Å². The van der Waals surface area contributed by atoms with Crippen LogP contribution in [0.15, 0.2) is 4.42 Å². The summed E-state index contributed by atoms with van der Waals surface area (Å²) in [5, 5.41) is 8.61. The lowest BCUT2D eigenvalue weighted by Gasteiger charge is -2.20. The van der Waals surface area contributed by atoms with Gasteiger partial charge in [-0.05, 0) is 26.2 Å². The molecule has 5 heteroatoms. The van der Waals surface area contributed by atoms with Crippen molar-refractivity contribution in [3.05, 3.63) is 17.3 Å². The minimum absolute atomic E-state index is 0.0195. The van der Waals surface area contributed by atoms with Crippen LogP contribution in [0.3, 0.4) is 0 Å². The summed E-state index contributed by atoms with van der Waals surface area (Å²) < 4.78 is 11.1. The van der Waals surface area contributed by atoms with Crippen LogP contribution < -0.4 is 0 Å². The standard InChI is InChI=1S/C12H17NO4/c1-8-12(9-4-2-3-7-16-9)13-10(17-8)5-6-11(14)15/h9H,2-7H2,1H3,(H,14,15). The average molecular weight is 239 g/mol. The van der Waals surface area contributed by atoms with E-state index in [2.05, 4.69) is 4.98 Å². The molecular weight excluding hydrogens is 222 g/mol. The summed E-state index contributed by atoms with van der Waals surface area (Å²) >= 11 is 0. The van der Waals surface area contributed by atoms with E-state index in [4.69, 9.17) is 14.3 Å². The van der Waals surface area contributed by atoms with Crippen molar-refractivity contribution in [2.75, 3.05) is 6.61 Å². The smallest absolute Gasteiger partial charge is 0.303 e. The number of carboxylic acid groups (broad SMARTS) is 1. The van der Waals surface area contributed by atoms with Gasteiger partial charge >= 0.3 is 5.97 Å². The molecule has 17 heavy (non-hydrogen) atoms. The minimum atomic E-state index is -0.837. The highest BCUT2D eigenvalue weighted by molar-refractivity contribution is 5.66. The second kappa shape index (κ2) is 5.31. The molecule has 0 bridgehead atoms. The molecule has 0 saturated carbocycles. The van der Waals surface area contributed by atoms with Crippen LogP contribution in [0.1, 0.15) is 49.1 Å². The van der Waals surface area contributed by atoms with Crippen LogP contribution in [0.2, 0.25) is 0 Å². The molecule has 0 spiro atoms. The summed E-state index contributed by atoms with van der Waals surface area (Å²) in [6.45, 7) is 2.62. The lowest BCUT2D eigenvalue weighted by atomic mass is 10.1. The molecule has 1 fully saturated rings. The fourth-order valence-corrected chi connectivity index (χ4v) is 2.04. The van der Waals surface area contributed by atoms with Gasteiger partial charge in [0, 0.05) is 13.0 Å². The number of carboxylic acids is 1. The summed E-state index contributed by atoms with van der Waals surface area (Å²) in [5.41, 5.74) is 0.838. The van der Waals surface area contributed by atoms with Gasteiger partial charge in [0.15, 0.2) is 5.89 Å². The molecule has 1 saturated heterocycles. The van der Waals surface area contributed by atoms with E-state index in [0.717, 1.165) is 37.3 Å². The van der Waals surface area contributed by atoms with Gasteiger partial charge in [0.25, 0.3) is 0 Å². The molecular formula is C12H17NO4. The quantitative estimate of drug-likeness (QED) is 0.872. The van der Waals surface area contributed by atoms with Gasteiger partial charge in [0.2, 0.25) is 0 Å². The molecule has 1 aromatic heterocycles. The largest absolute Gasteiger partial charge is 0.481 e. The zero-order valence-corrected chi connectivity index (χ0v) is 9.94. The SMILES string of the molecule is Cc1oc(CCC(=O)O)nc1C1CCCCO1. The second-order valence-corrected chi connectivity index (χ2v) is 4.30. The number of hydrogen-bond donors (Lipinski definition) is 1. The number of aryl methyl sites for hydroxylation is 2. The fourth-order valence-electron chi connectivity index (χ4n) is 2.04. The Balaban J connectivity index is 2.04. The predicted molar refractivity (Wildman–Crippen MR) is 59.7 cm³/mol. The Kier molecular flexibility index (Phi) is 3.78. The summed E-state index contributed by atoms with van der Waals surface area (Å²) in [5.74, 6) is 0.405. The Hall–Kier alpha value is -1.36. The molecule has 0 amide bonds. The van der Waals surface area contributed by atoms with Gasteiger partial charge in [-0.1, -0.05) is 0 Å². The van der Waals surface area contributed by atoms with Gasteiger partial charge < -0.3 is 14.3 Å². The van der Waals surface area contributed by atoms with Crippen molar-refractivity contribution in [3.8, 4) is 0 Å². The predicted octanol–water partition coefficient (Wildman–Crippen LogP) is 2.24. The molecule has 0 radical (unpaired) electrons. The van der Waals surface area contributed by atoms with E-state index in [-0.39, 0.29) is 12.5 Å². The highest BCUT2D eigenvalue weighted by Crippen LogP contribution is 2.29. The molecule has 1 aliphatic rings. The molecule has 1 N–H and O–H groups in total. The van der Waals surface area contributed by atoms with Gasteiger partial charge in [0.05, 0.1) is 6.42 Å². The van der Waals surface area contributed by atoms with Gasteiger partial charge in [-0.15, -0.1) is 0 Å². The molecule has 0 aromatic carbocycles. The van der Waals surface area contributed by atoms with Crippen molar-refractivity contribution >= 4 is 5.97 Å². The molecule has 1 aromatic rings. The number of ether oxygens (including phenoxy) is 1. The van der Waals surface area contributed by atoms with Crippen molar-refractivity contribution < 1.29 is 19.1 Å². The third-order valence-electron chi connectivity index (χ3n) is 2.91. The highest BCUT2D eigenvalue weighted by atomic mass is 16.5. The molecule has 2 rings (SSSR count). The Morgan fingerprint density at radius 3 is 3.00 bits per heavy atom. The Morgan fingerprint density at radius 1 is 1.53 bits per heavy atom. The topological polar surface area (TPSA) is 72.6 Å². The van der Waals surface area contributed by atoms with Crippen LogP contribution >= 0.6 is 0 Å². The van der Waals surface area contributed by atoms with E-state index in [1.54, 1.807) is 0 Å². The van der Waals surface area contributed by atoms with Crippen molar-refractivity contribution in [2.24, 2.45) is 0 Å². The average Bonchev–Trinajstić information content (AvgIpc) is 2.69. The number of nitrogens with zero attached hydrogens (tertiary/aromatic N) is 1. The highest BCUT2D eigenvalue weighted by Gasteiger charge is 2.22. The molecule has 1 unspecified atom stereocenters. The number of aromatic nitrogens is 1. The number of carbonyl (C=O) groups is 1. The minimum Gasteiger partial charge on any atom is -0.481 e. The first kappa shape index (κ1) is 12.1. The van der Waals surface area contributed by atoms with E-state index >= 15 is 0 Å². The molecule has 2 heterocycles. The van der Waals surface area contributed by atoms with E-state index in [1.165, 1.54) is 0 Å². The molecule has 1 aliphatic heterocycles. The molecule has 1 atom stereocenters. The van der Waals surface area contributed by atoms with Crippen LogP contribution in [0.5, 0.6) is 0 Å². The van der Waals surface area contributed by atoms with Crippen LogP contribution in [0.25, 0.3) is 0 Å². The summed E-state index contributed by atoms with van der Waals surface area (Å²) in [7, 11) is 0. The summed E-state index contributed by atoms with van der Waals surface area (Å²) in [6.07, 6.45) is 3.60. The third kappa shape index (κ3) is 3.06. The lowest BCUT2D eigenvalue weighted by Crippen LogP contribution is -2.12. The molecule has 0 aliphatic carbocycles. The number of aliphatic carboxylic acids is 1.